The van der Waals surface area contributed by atoms with E-state index in [-0.39, 0.29) is 20.9 Å². The third-order valence-electron chi connectivity index (χ3n) is 1.25. The van der Waals surface area contributed by atoms with Crippen LogP contribution in [0.25, 0.3) is 0 Å². The number of rotatable bonds is 5. The highest BCUT2D eigenvalue weighted by molar-refractivity contribution is 8.70. The second kappa shape index (κ2) is 5.39. The fourth-order valence-corrected chi connectivity index (χ4v) is 2.41. The molecule has 1 amide bonds. The van der Waals surface area contributed by atoms with E-state index in [4.69, 9.17) is 0 Å². The highest BCUT2D eigenvalue weighted by atomic mass is 33.1. The van der Waals surface area contributed by atoms with Crippen LogP contribution >= 0.6 is 22.1 Å². The molecule has 0 aliphatic carbocycles. The summed E-state index contributed by atoms with van der Waals surface area (Å²) in [5.74, 6) is -1.38. The predicted octanol–water partition coefficient (Wildman–Crippen LogP) is 0.183. The number of nitrogens with one attached hydrogen (secondary N) is 1. The summed E-state index contributed by atoms with van der Waals surface area (Å²) >= 11 is 0.624. The lowest BCUT2D eigenvalue weighted by molar-refractivity contribution is -0.380. The minimum absolute atomic E-state index is 0.0365. The van der Waals surface area contributed by atoms with E-state index in [1.54, 1.807) is 0 Å². The molecule has 0 unspecified atom stereocenters. The predicted molar refractivity (Wildman–Crippen MR) is 59.6 cm³/mol. The van der Waals surface area contributed by atoms with E-state index in [0.29, 0.717) is 11.3 Å². The van der Waals surface area contributed by atoms with Crippen LogP contribution in [0.3, 0.4) is 0 Å². The van der Waals surface area contributed by atoms with Gasteiger partial charge in [-0.1, -0.05) is 0 Å². The monoisotopic (exact) mass is 298 g/mol. The van der Waals surface area contributed by atoms with Crippen LogP contribution in [0, 0.1) is 10.1 Å². The maximum Gasteiger partial charge on any atom is 0.345 e. The van der Waals surface area contributed by atoms with Gasteiger partial charge in [-0.2, -0.15) is 0 Å². The number of hydrogen-bond acceptors (Lipinski definition) is 9. The molecule has 1 heterocycles. The van der Waals surface area contributed by atoms with Gasteiger partial charge in [-0.05, 0) is 22.1 Å². The van der Waals surface area contributed by atoms with E-state index in [2.05, 4.69) is 10.3 Å². The van der Waals surface area contributed by atoms with Crippen molar-refractivity contribution in [1.82, 2.24) is 4.98 Å². The zero-order valence-electron chi connectivity index (χ0n) is 7.85. The Morgan fingerprint density at radius 2 is 2.29 bits per heavy atom. The SMILES string of the molecule is O=C(CSS(=O)(=O)[O-])Nc1ncc([N+](=O)[O-])s1. The average molecular weight is 298 g/mol. The summed E-state index contributed by atoms with van der Waals surface area (Å²) in [5, 5.41) is 12.1. The zero-order chi connectivity index (χ0) is 13.1. The number of carbonyl (C=O) groups is 1. The Balaban J connectivity index is 2.53. The van der Waals surface area contributed by atoms with Crippen molar-refractivity contribution < 1.29 is 22.7 Å². The van der Waals surface area contributed by atoms with Gasteiger partial charge in [0.15, 0.2) is 5.13 Å². The Morgan fingerprint density at radius 3 is 2.76 bits per heavy atom. The van der Waals surface area contributed by atoms with E-state index >= 15 is 0 Å². The number of aromatic nitrogens is 1. The topological polar surface area (TPSA) is 142 Å². The first kappa shape index (κ1) is 13.8. The smallest absolute Gasteiger partial charge is 0.345 e. The molecule has 1 rings (SSSR count). The molecule has 9 nitrogen and oxygen atoms in total. The standard InChI is InChI=1S/C5H5N3O6S3/c9-3(2-15-17(12,13)14)7-5-6-1-4(16-5)8(10)11/h1H,2H2,(H,6,7,9)(H,12,13,14)/p-1. The number of amides is 1. The molecule has 0 atom stereocenters. The molecule has 94 valence electrons. The van der Waals surface area contributed by atoms with Gasteiger partial charge >= 0.3 is 5.00 Å². The first-order valence-electron chi connectivity index (χ1n) is 3.78. The lowest BCUT2D eigenvalue weighted by atomic mass is 10.7. The maximum absolute atomic E-state index is 11.1. The van der Waals surface area contributed by atoms with Crippen molar-refractivity contribution in [2.75, 3.05) is 11.1 Å². The first-order chi connectivity index (χ1) is 7.78. The number of carbonyl (C=O) groups excluding carboxylic acids is 1. The van der Waals surface area contributed by atoms with Gasteiger partial charge in [0, 0.05) is 0 Å². The average Bonchev–Trinajstić information content (AvgIpc) is 2.62. The number of anilines is 1. The van der Waals surface area contributed by atoms with Crippen molar-refractivity contribution in [3.8, 4) is 0 Å². The van der Waals surface area contributed by atoms with Crippen LogP contribution in [0.1, 0.15) is 0 Å². The van der Waals surface area contributed by atoms with Crippen LogP contribution in [-0.4, -0.2) is 34.5 Å². The molecule has 17 heavy (non-hydrogen) atoms. The van der Waals surface area contributed by atoms with Crippen molar-refractivity contribution >= 4 is 47.3 Å². The summed E-state index contributed by atoms with van der Waals surface area (Å²) in [6, 6.07) is 0. The summed E-state index contributed by atoms with van der Waals surface area (Å²) in [6.45, 7) is 0. The summed E-state index contributed by atoms with van der Waals surface area (Å²) in [4.78, 5) is 24.2. The van der Waals surface area contributed by atoms with Crippen molar-refractivity contribution in [2.24, 2.45) is 0 Å². The fourth-order valence-electron chi connectivity index (χ4n) is 0.689. The van der Waals surface area contributed by atoms with Gasteiger partial charge in [-0.25, -0.2) is 13.4 Å². The van der Waals surface area contributed by atoms with Crippen molar-refractivity contribution in [2.45, 2.75) is 0 Å². The molecular formula is C5H4N3O6S3-. The number of hydrogen-bond donors (Lipinski definition) is 1. The summed E-state index contributed by atoms with van der Waals surface area (Å²) < 4.78 is 30.6. The summed E-state index contributed by atoms with van der Waals surface area (Å²) in [7, 11) is -4.62. The highest BCUT2D eigenvalue weighted by Gasteiger charge is 2.13. The Labute approximate surface area is 103 Å². The molecule has 0 bridgehead atoms. The van der Waals surface area contributed by atoms with Gasteiger partial charge < -0.3 is 9.87 Å². The van der Waals surface area contributed by atoms with E-state index in [9.17, 15) is 27.9 Å². The van der Waals surface area contributed by atoms with Gasteiger partial charge in [0.25, 0.3) is 0 Å². The van der Waals surface area contributed by atoms with Gasteiger partial charge in [0.05, 0.1) is 10.7 Å². The van der Waals surface area contributed by atoms with Crippen LogP contribution in [0.4, 0.5) is 10.1 Å². The third kappa shape index (κ3) is 5.08. The van der Waals surface area contributed by atoms with E-state index in [1.807, 2.05) is 0 Å². The third-order valence-corrected chi connectivity index (χ3v) is 4.01. The van der Waals surface area contributed by atoms with Crippen molar-refractivity contribution in [3.05, 3.63) is 16.3 Å². The quantitative estimate of drug-likeness (QED) is 0.351. The Kier molecular flexibility index (Phi) is 4.39. The van der Waals surface area contributed by atoms with Gasteiger partial charge in [0.1, 0.15) is 15.3 Å². The number of thiazole rings is 1. The molecule has 0 saturated carbocycles. The highest BCUT2D eigenvalue weighted by Crippen LogP contribution is 2.25. The zero-order valence-corrected chi connectivity index (χ0v) is 10.3. The van der Waals surface area contributed by atoms with Crippen LogP contribution < -0.4 is 5.32 Å². The van der Waals surface area contributed by atoms with E-state index in [1.165, 1.54) is 0 Å². The Morgan fingerprint density at radius 1 is 1.65 bits per heavy atom. The van der Waals surface area contributed by atoms with Gasteiger partial charge in [-0.15, -0.1) is 0 Å². The summed E-state index contributed by atoms with van der Waals surface area (Å²) in [6.07, 6.45) is 0.956. The number of nitrogens with zero attached hydrogens (tertiary/aromatic N) is 2. The molecule has 1 aromatic rings. The summed E-state index contributed by atoms with van der Waals surface area (Å²) in [5.41, 5.74) is 0. The lowest BCUT2D eigenvalue weighted by Crippen LogP contribution is -2.15. The molecule has 12 heteroatoms. The van der Waals surface area contributed by atoms with Crippen LogP contribution in [0.2, 0.25) is 0 Å². The molecule has 0 aliphatic rings. The van der Waals surface area contributed by atoms with Gasteiger partial charge in [-0.3, -0.25) is 14.9 Å². The molecule has 1 N–H and O–H groups in total. The minimum atomic E-state index is -4.54. The largest absolute Gasteiger partial charge is 0.739 e. The second-order valence-corrected chi connectivity index (χ2v) is 6.76. The van der Waals surface area contributed by atoms with Gasteiger partial charge in [0.2, 0.25) is 5.91 Å². The molecule has 0 saturated heterocycles. The molecular weight excluding hydrogens is 294 g/mol. The lowest BCUT2D eigenvalue weighted by Gasteiger charge is -2.04. The van der Waals surface area contributed by atoms with Crippen LogP contribution in [0.5, 0.6) is 0 Å². The minimum Gasteiger partial charge on any atom is -0.739 e. The molecule has 0 fully saturated rings. The molecule has 0 aliphatic heterocycles. The normalized spacial score (nSPS) is 11.1. The Hall–Kier alpha value is -1.24. The van der Waals surface area contributed by atoms with Crippen LogP contribution in [0.15, 0.2) is 6.20 Å². The molecule has 0 aromatic carbocycles. The molecule has 0 radical (unpaired) electrons. The van der Waals surface area contributed by atoms with Crippen LogP contribution in [-0.2, 0) is 13.9 Å². The van der Waals surface area contributed by atoms with E-state index in [0.717, 1.165) is 6.20 Å². The maximum atomic E-state index is 11.1. The molecule has 1 aromatic heterocycles. The van der Waals surface area contributed by atoms with Crippen molar-refractivity contribution in [3.63, 3.8) is 0 Å². The fraction of sp³-hybridized carbons (Fsp3) is 0.200. The first-order valence-corrected chi connectivity index (χ1v) is 7.51. The molecule has 0 spiro atoms. The van der Waals surface area contributed by atoms with Crippen molar-refractivity contribution in [1.29, 1.82) is 0 Å². The number of nitro groups is 1. The Bertz CT molecular complexity index is 537. The second-order valence-electron chi connectivity index (χ2n) is 2.48. The van der Waals surface area contributed by atoms with E-state index < -0.39 is 25.7 Å².